The minimum Gasteiger partial charge on any atom is -0.305 e. The summed E-state index contributed by atoms with van der Waals surface area (Å²) in [6.45, 7) is 6.67. The molecule has 1 aromatic rings. The Morgan fingerprint density at radius 1 is 1.33 bits per heavy atom. The molecule has 0 aliphatic heterocycles. The highest BCUT2D eigenvalue weighted by molar-refractivity contribution is 9.10. The first kappa shape index (κ1) is 11.2. The Bertz CT molecular complexity index is 365. The van der Waals surface area contributed by atoms with Crippen LogP contribution < -0.4 is 5.32 Å². The average Bonchev–Trinajstić information content (AvgIpc) is 2.47. The standard InChI is InChI=1S/C13H18BrN/c1-13(2,3)15-11-8-7-9-5-4-6-10(14)12(9)11/h4-6,11,15H,7-8H2,1-3H3. The fourth-order valence-electron chi connectivity index (χ4n) is 2.30. The molecule has 15 heavy (non-hydrogen) atoms. The molecule has 0 saturated heterocycles. The SMILES string of the molecule is CC(C)(C)NC1CCc2cccc(Br)c21. The molecule has 0 spiro atoms. The van der Waals surface area contributed by atoms with E-state index in [1.165, 1.54) is 28.4 Å². The maximum Gasteiger partial charge on any atom is 0.0341 e. The lowest BCUT2D eigenvalue weighted by molar-refractivity contribution is 0.361. The van der Waals surface area contributed by atoms with Gasteiger partial charge in [-0.25, -0.2) is 0 Å². The van der Waals surface area contributed by atoms with E-state index in [9.17, 15) is 0 Å². The van der Waals surface area contributed by atoms with Gasteiger partial charge in [0.1, 0.15) is 0 Å². The van der Waals surface area contributed by atoms with Gasteiger partial charge in [0.2, 0.25) is 0 Å². The Morgan fingerprint density at radius 2 is 2.07 bits per heavy atom. The van der Waals surface area contributed by atoms with Crippen molar-refractivity contribution in [2.45, 2.75) is 45.2 Å². The highest BCUT2D eigenvalue weighted by Crippen LogP contribution is 2.37. The van der Waals surface area contributed by atoms with E-state index < -0.39 is 0 Å². The van der Waals surface area contributed by atoms with Gasteiger partial charge in [-0.2, -0.15) is 0 Å². The van der Waals surface area contributed by atoms with Crippen molar-refractivity contribution >= 4 is 15.9 Å². The zero-order chi connectivity index (χ0) is 11.1. The average molecular weight is 268 g/mol. The zero-order valence-electron chi connectivity index (χ0n) is 9.60. The van der Waals surface area contributed by atoms with Gasteiger partial charge in [0, 0.05) is 16.1 Å². The van der Waals surface area contributed by atoms with Crippen molar-refractivity contribution in [3.8, 4) is 0 Å². The summed E-state index contributed by atoms with van der Waals surface area (Å²) in [5.74, 6) is 0. The molecule has 0 bridgehead atoms. The summed E-state index contributed by atoms with van der Waals surface area (Å²) >= 11 is 3.66. The normalized spacial score (nSPS) is 20.4. The fourth-order valence-corrected chi connectivity index (χ4v) is 2.98. The van der Waals surface area contributed by atoms with Crippen LogP contribution in [-0.2, 0) is 6.42 Å². The van der Waals surface area contributed by atoms with Gasteiger partial charge in [-0.3, -0.25) is 0 Å². The van der Waals surface area contributed by atoms with Crippen LogP contribution in [0.15, 0.2) is 22.7 Å². The first-order valence-electron chi connectivity index (χ1n) is 5.52. The molecule has 1 nitrogen and oxygen atoms in total. The van der Waals surface area contributed by atoms with Crippen LogP contribution in [0.1, 0.15) is 44.4 Å². The Labute approximate surface area is 100 Å². The highest BCUT2D eigenvalue weighted by atomic mass is 79.9. The van der Waals surface area contributed by atoms with Crippen molar-refractivity contribution in [1.82, 2.24) is 5.32 Å². The molecule has 1 unspecified atom stereocenters. The van der Waals surface area contributed by atoms with Crippen LogP contribution in [0.2, 0.25) is 0 Å². The summed E-state index contributed by atoms with van der Waals surface area (Å²) in [5.41, 5.74) is 3.14. The lowest BCUT2D eigenvalue weighted by Crippen LogP contribution is -2.38. The van der Waals surface area contributed by atoms with E-state index >= 15 is 0 Å². The van der Waals surface area contributed by atoms with Crippen molar-refractivity contribution in [1.29, 1.82) is 0 Å². The van der Waals surface area contributed by atoms with E-state index in [-0.39, 0.29) is 5.54 Å². The van der Waals surface area contributed by atoms with E-state index in [1.54, 1.807) is 0 Å². The predicted octanol–water partition coefficient (Wildman–Crippen LogP) is 3.82. The third kappa shape index (κ3) is 2.43. The molecule has 1 aliphatic rings. The molecule has 2 heteroatoms. The summed E-state index contributed by atoms with van der Waals surface area (Å²) < 4.78 is 1.25. The van der Waals surface area contributed by atoms with Crippen LogP contribution in [0.25, 0.3) is 0 Å². The largest absolute Gasteiger partial charge is 0.305 e. The molecule has 1 atom stereocenters. The molecule has 1 N–H and O–H groups in total. The van der Waals surface area contributed by atoms with Gasteiger partial charge in [0.15, 0.2) is 0 Å². The van der Waals surface area contributed by atoms with Crippen molar-refractivity contribution in [2.75, 3.05) is 0 Å². The van der Waals surface area contributed by atoms with Crippen LogP contribution in [-0.4, -0.2) is 5.54 Å². The highest BCUT2D eigenvalue weighted by Gasteiger charge is 2.27. The Morgan fingerprint density at radius 3 is 2.73 bits per heavy atom. The van der Waals surface area contributed by atoms with Crippen LogP contribution in [0, 0.1) is 0 Å². The van der Waals surface area contributed by atoms with Crippen molar-refractivity contribution in [2.24, 2.45) is 0 Å². The minimum atomic E-state index is 0.182. The van der Waals surface area contributed by atoms with Crippen LogP contribution >= 0.6 is 15.9 Å². The molecule has 1 aromatic carbocycles. The van der Waals surface area contributed by atoms with E-state index in [0.29, 0.717) is 6.04 Å². The van der Waals surface area contributed by atoms with Crippen LogP contribution in [0.5, 0.6) is 0 Å². The molecule has 82 valence electrons. The second-order valence-electron chi connectivity index (χ2n) is 5.30. The molecule has 0 saturated carbocycles. The summed E-state index contributed by atoms with van der Waals surface area (Å²) in [4.78, 5) is 0. The number of hydrogen-bond acceptors (Lipinski definition) is 1. The second kappa shape index (κ2) is 3.91. The predicted molar refractivity (Wildman–Crippen MR) is 68.1 cm³/mol. The third-order valence-electron chi connectivity index (χ3n) is 2.80. The number of rotatable bonds is 1. The Balaban J connectivity index is 2.28. The maximum absolute atomic E-state index is 3.69. The van der Waals surface area contributed by atoms with Gasteiger partial charge >= 0.3 is 0 Å². The molecule has 1 aliphatic carbocycles. The van der Waals surface area contributed by atoms with Crippen LogP contribution in [0.4, 0.5) is 0 Å². The number of halogens is 1. The Hall–Kier alpha value is -0.340. The van der Waals surface area contributed by atoms with Gasteiger partial charge < -0.3 is 5.32 Å². The van der Waals surface area contributed by atoms with Crippen molar-refractivity contribution in [3.63, 3.8) is 0 Å². The molecular weight excluding hydrogens is 250 g/mol. The first-order valence-corrected chi connectivity index (χ1v) is 6.32. The van der Waals surface area contributed by atoms with Gasteiger partial charge in [-0.05, 0) is 50.8 Å². The Kier molecular flexibility index (Phi) is 2.91. The molecule has 2 rings (SSSR count). The fraction of sp³-hybridized carbons (Fsp3) is 0.538. The number of aryl methyl sites for hydroxylation is 1. The van der Waals surface area contributed by atoms with Crippen molar-refractivity contribution in [3.05, 3.63) is 33.8 Å². The number of nitrogens with one attached hydrogen (secondary N) is 1. The molecule has 0 radical (unpaired) electrons. The monoisotopic (exact) mass is 267 g/mol. The van der Waals surface area contributed by atoms with Crippen LogP contribution in [0.3, 0.4) is 0 Å². The van der Waals surface area contributed by atoms with Crippen molar-refractivity contribution < 1.29 is 0 Å². The van der Waals surface area contributed by atoms with E-state index in [0.717, 1.165) is 0 Å². The second-order valence-corrected chi connectivity index (χ2v) is 6.15. The summed E-state index contributed by atoms with van der Waals surface area (Å²) in [6.07, 6.45) is 2.41. The van der Waals surface area contributed by atoms with Gasteiger partial charge in [0.25, 0.3) is 0 Å². The number of hydrogen-bond donors (Lipinski definition) is 1. The smallest absolute Gasteiger partial charge is 0.0341 e. The lowest BCUT2D eigenvalue weighted by atomic mass is 10.0. The maximum atomic E-state index is 3.69. The summed E-state index contributed by atoms with van der Waals surface area (Å²) in [7, 11) is 0. The molecule has 0 fully saturated rings. The van der Waals surface area contributed by atoms with E-state index in [4.69, 9.17) is 0 Å². The van der Waals surface area contributed by atoms with Gasteiger partial charge in [-0.1, -0.05) is 28.1 Å². The first-order chi connectivity index (χ1) is 6.97. The van der Waals surface area contributed by atoms with Gasteiger partial charge in [0.05, 0.1) is 0 Å². The summed E-state index contributed by atoms with van der Waals surface area (Å²) in [6, 6.07) is 7.02. The van der Waals surface area contributed by atoms with E-state index in [1.807, 2.05) is 0 Å². The quantitative estimate of drug-likeness (QED) is 0.816. The molecule has 0 aromatic heterocycles. The minimum absolute atomic E-state index is 0.182. The topological polar surface area (TPSA) is 12.0 Å². The molecular formula is C13H18BrN. The molecule has 0 heterocycles. The van der Waals surface area contributed by atoms with Gasteiger partial charge in [-0.15, -0.1) is 0 Å². The third-order valence-corrected chi connectivity index (χ3v) is 3.49. The molecule has 0 amide bonds. The number of fused-ring (bicyclic) bond motifs is 1. The lowest BCUT2D eigenvalue weighted by Gasteiger charge is -2.27. The number of benzene rings is 1. The van der Waals surface area contributed by atoms with E-state index in [2.05, 4.69) is 60.2 Å². The summed E-state index contributed by atoms with van der Waals surface area (Å²) in [5, 5.41) is 3.69. The zero-order valence-corrected chi connectivity index (χ0v) is 11.2.